The number of carbonyl (C=O) groups is 1. The monoisotopic (exact) mass is 265 g/mol. The molecule has 4 heteroatoms. The zero-order valence-corrected chi connectivity index (χ0v) is 11.4. The molecule has 0 amide bonds. The van der Waals surface area contributed by atoms with Crippen molar-refractivity contribution in [2.45, 2.75) is 25.8 Å². The zero-order valence-electron chi connectivity index (χ0n) is 10.6. The lowest BCUT2D eigenvalue weighted by atomic mass is 10.1. The molecule has 1 aromatic rings. The number of fused-ring (bicyclic) bond motifs is 1. The van der Waals surface area contributed by atoms with Crippen molar-refractivity contribution in [3.63, 3.8) is 0 Å². The van der Waals surface area contributed by atoms with Gasteiger partial charge in [0, 0.05) is 18.7 Å². The van der Waals surface area contributed by atoms with E-state index in [0.29, 0.717) is 6.42 Å². The Hall–Kier alpha value is -1.16. The van der Waals surface area contributed by atoms with Gasteiger partial charge in [-0.15, -0.1) is 0 Å². The first-order valence-corrected chi connectivity index (χ1v) is 7.54. The first-order valence-electron chi connectivity index (χ1n) is 6.39. The minimum atomic E-state index is -0.714. The summed E-state index contributed by atoms with van der Waals surface area (Å²) in [7, 11) is 0. The second-order valence-electron chi connectivity index (χ2n) is 4.43. The molecule has 1 heterocycles. The van der Waals surface area contributed by atoms with Crippen molar-refractivity contribution in [3.8, 4) is 0 Å². The Morgan fingerprint density at radius 2 is 2.28 bits per heavy atom. The molecule has 3 nitrogen and oxygen atoms in total. The van der Waals surface area contributed by atoms with Crippen molar-refractivity contribution < 1.29 is 9.90 Å². The first kappa shape index (κ1) is 13.3. The minimum Gasteiger partial charge on any atom is -0.480 e. The highest BCUT2D eigenvalue weighted by molar-refractivity contribution is 7.99. The standard InChI is InChI=1S/C14H19NO2S/c1-2-18-9-5-8-15-12-7-4-3-6-11(12)10-13(15)14(16)17/h3-4,6-7,13H,2,5,8-10H2,1H3,(H,16,17). The van der Waals surface area contributed by atoms with Gasteiger partial charge in [0.2, 0.25) is 0 Å². The molecule has 0 bridgehead atoms. The molecule has 1 aromatic carbocycles. The van der Waals surface area contributed by atoms with Crippen LogP contribution in [-0.4, -0.2) is 35.2 Å². The van der Waals surface area contributed by atoms with Crippen LogP contribution in [0.3, 0.4) is 0 Å². The lowest BCUT2D eigenvalue weighted by Crippen LogP contribution is -2.39. The van der Waals surface area contributed by atoms with E-state index < -0.39 is 5.97 Å². The highest BCUT2D eigenvalue weighted by atomic mass is 32.2. The van der Waals surface area contributed by atoms with Crippen LogP contribution in [0, 0.1) is 0 Å². The second-order valence-corrected chi connectivity index (χ2v) is 5.82. The van der Waals surface area contributed by atoms with E-state index in [1.54, 1.807) is 0 Å². The lowest BCUT2D eigenvalue weighted by Gasteiger charge is -2.24. The van der Waals surface area contributed by atoms with Gasteiger partial charge in [-0.2, -0.15) is 11.8 Å². The third kappa shape index (κ3) is 2.80. The van der Waals surface area contributed by atoms with Crippen LogP contribution in [0.4, 0.5) is 5.69 Å². The molecule has 1 aliphatic heterocycles. The number of carboxylic acids is 1. The molecular weight excluding hydrogens is 246 g/mol. The number of hydrogen-bond acceptors (Lipinski definition) is 3. The Bertz CT molecular complexity index is 422. The van der Waals surface area contributed by atoms with Gasteiger partial charge in [-0.25, -0.2) is 4.79 Å². The molecule has 0 saturated carbocycles. The van der Waals surface area contributed by atoms with Gasteiger partial charge in [-0.1, -0.05) is 25.1 Å². The number of nitrogens with zero attached hydrogens (tertiary/aromatic N) is 1. The molecule has 0 aromatic heterocycles. The number of benzene rings is 1. The smallest absolute Gasteiger partial charge is 0.326 e. The Labute approximate surface area is 112 Å². The Morgan fingerprint density at radius 3 is 3.00 bits per heavy atom. The molecule has 0 saturated heterocycles. The maximum Gasteiger partial charge on any atom is 0.326 e. The SMILES string of the molecule is CCSCCCN1c2ccccc2CC1C(=O)O. The summed E-state index contributed by atoms with van der Waals surface area (Å²) in [5, 5.41) is 9.31. The number of hydrogen-bond donors (Lipinski definition) is 1. The van der Waals surface area contributed by atoms with E-state index in [4.69, 9.17) is 0 Å². The lowest BCUT2D eigenvalue weighted by molar-refractivity contribution is -0.138. The maximum atomic E-state index is 11.3. The van der Waals surface area contributed by atoms with E-state index in [9.17, 15) is 9.90 Å². The molecule has 0 spiro atoms. The van der Waals surface area contributed by atoms with E-state index in [1.807, 2.05) is 40.9 Å². The van der Waals surface area contributed by atoms with Gasteiger partial charge in [0.05, 0.1) is 0 Å². The van der Waals surface area contributed by atoms with Crippen molar-refractivity contribution >= 4 is 23.4 Å². The molecule has 0 fully saturated rings. The molecule has 1 unspecified atom stereocenters. The van der Waals surface area contributed by atoms with Gasteiger partial charge in [0.15, 0.2) is 0 Å². The zero-order chi connectivity index (χ0) is 13.0. The van der Waals surface area contributed by atoms with Gasteiger partial charge >= 0.3 is 5.97 Å². The van der Waals surface area contributed by atoms with Gasteiger partial charge in [0.1, 0.15) is 6.04 Å². The fraction of sp³-hybridized carbons (Fsp3) is 0.500. The van der Waals surface area contributed by atoms with E-state index in [2.05, 4.69) is 6.92 Å². The quantitative estimate of drug-likeness (QED) is 0.803. The average Bonchev–Trinajstić information content (AvgIpc) is 2.74. The molecule has 98 valence electrons. The number of para-hydroxylation sites is 1. The summed E-state index contributed by atoms with van der Waals surface area (Å²) in [6.07, 6.45) is 1.67. The molecule has 1 atom stereocenters. The van der Waals surface area contributed by atoms with Crippen molar-refractivity contribution in [2.75, 3.05) is 23.0 Å². The van der Waals surface area contributed by atoms with E-state index in [1.165, 1.54) is 0 Å². The van der Waals surface area contributed by atoms with Crippen molar-refractivity contribution in [3.05, 3.63) is 29.8 Å². The highest BCUT2D eigenvalue weighted by Crippen LogP contribution is 2.32. The topological polar surface area (TPSA) is 40.5 Å². The molecule has 0 aliphatic carbocycles. The third-order valence-corrected chi connectivity index (χ3v) is 4.25. The van der Waals surface area contributed by atoms with Crippen LogP contribution in [0.1, 0.15) is 18.9 Å². The largest absolute Gasteiger partial charge is 0.480 e. The number of aliphatic carboxylic acids is 1. The van der Waals surface area contributed by atoms with E-state index in [-0.39, 0.29) is 6.04 Å². The Balaban J connectivity index is 2.06. The van der Waals surface area contributed by atoms with Crippen LogP contribution < -0.4 is 4.90 Å². The second kappa shape index (κ2) is 6.14. The van der Waals surface area contributed by atoms with Crippen LogP contribution in [0.2, 0.25) is 0 Å². The van der Waals surface area contributed by atoms with Gasteiger partial charge in [0.25, 0.3) is 0 Å². The predicted molar refractivity (Wildman–Crippen MR) is 76.5 cm³/mol. The average molecular weight is 265 g/mol. The number of thioether (sulfide) groups is 1. The molecule has 0 radical (unpaired) electrons. The van der Waals surface area contributed by atoms with Gasteiger partial charge in [-0.05, 0) is 29.6 Å². The van der Waals surface area contributed by atoms with Crippen LogP contribution in [0.15, 0.2) is 24.3 Å². The summed E-state index contributed by atoms with van der Waals surface area (Å²) in [6.45, 7) is 2.98. The van der Waals surface area contributed by atoms with Crippen molar-refractivity contribution in [1.82, 2.24) is 0 Å². The van der Waals surface area contributed by atoms with Gasteiger partial charge < -0.3 is 10.0 Å². The molecule has 2 rings (SSSR count). The number of rotatable bonds is 6. The molecule has 1 N–H and O–H groups in total. The van der Waals surface area contributed by atoms with Crippen molar-refractivity contribution in [1.29, 1.82) is 0 Å². The fourth-order valence-corrected chi connectivity index (χ4v) is 3.05. The van der Waals surface area contributed by atoms with Gasteiger partial charge in [-0.3, -0.25) is 0 Å². The summed E-state index contributed by atoms with van der Waals surface area (Å²) < 4.78 is 0. The van der Waals surface area contributed by atoms with E-state index >= 15 is 0 Å². The summed E-state index contributed by atoms with van der Waals surface area (Å²) in [5.74, 6) is 1.51. The van der Waals surface area contributed by atoms with Crippen LogP contribution in [0.25, 0.3) is 0 Å². The molecule has 18 heavy (non-hydrogen) atoms. The number of anilines is 1. The van der Waals surface area contributed by atoms with Crippen LogP contribution in [0.5, 0.6) is 0 Å². The van der Waals surface area contributed by atoms with Crippen molar-refractivity contribution in [2.24, 2.45) is 0 Å². The fourth-order valence-electron chi connectivity index (χ4n) is 2.43. The van der Waals surface area contributed by atoms with Crippen LogP contribution >= 0.6 is 11.8 Å². The summed E-state index contributed by atoms with van der Waals surface area (Å²) in [5.41, 5.74) is 2.26. The normalized spacial score (nSPS) is 17.8. The third-order valence-electron chi connectivity index (χ3n) is 3.27. The summed E-state index contributed by atoms with van der Waals surface area (Å²) in [6, 6.07) is 7.65. The Kier molecular flexibility index (Phi) is 4.53. The first-order chi connectivity index (χ1) is 8.74. The molecular formula is C14H19NO2S. The highest BCUT2D eigenvalue weighted by Gasteiger charge is 2.33. The minimum absolute atomic E-state index is 0.381. The Morgan fingerprint density at radius 1 is 1.50 bits per heavy atom. The van der Waals surface area contributed by atoms with E-state index in [0.717, 1.165) is 35.7 Å². The van der Waals surface area contributed by atoms with Crippen LogP contribution in [-0.2, 0) is 11.2 Å². The summed E-state index contributed by atoms with van der Waals surface area (Å²) in [4.78, 5) is 13.4. The number of carboxylic acid groups (broad SMARTS) is 1. The summed E-state index contributed by atoms with van der Waals surface area (Å²) >= 11 is 1.91. The predicted octanol–water partition coefficient (Wildman–Crippen LogP) is 2.65. The molecule has 1 aliphatic rings. The maximum absolute atomic E-state index is 11.3.